The maximum absolute atomic E-state index is 5.54. The fourth-order valence-corrected chi connectivity index (χ4v) is 2.08. The van der Waals surface area contributed by atoms with Crippen LogP contribution in [-0.4, -0.2) is 62.2 Å². The van der Waals surface area contributed by atoms with Crippen LogP contribution in [0.1, 0.15) is 19.3 Å². The summed E-state index contributed by atoms with van der Waals surface area (Å²) in [6.07, 6.45) is 3.75. The molecular weight excluding hydrogens is 188 g/mol. The minimum Gasteiger partial charge on any atom is -0.330 e. The van der Waals surface area contributed by atoms with E-state index in [9.17, 15) is 0 Å². The lowest BCUT2D eigenvalue weighted by Crippen LogP contribution is -2.47. The average Bonchev–Trinajstić information content (AvgIpc) is 2.27. The molecule has 0 aliphatic carbocycles. The van der Waals surface area contributed by atoms with Crippen molar-refractivity contribution in [3.63, 3.8) is 0 Å². The summed E-state index contributed by atoms with van der Waals surface area (Å²) < 4.78 is 0. The van der Waals surface area contributed by atoms with E-state index in [-0.39, 0.29) is 0 Å². The van der Waals surface area contributed by atoms with Crippen molar-refractivity contribution in [1.82, 2.24) is 9.80 Å². The summed E-state index contributed by atoms with van der Waals surface area (Å²) in [4.78, 5) is 5.01. The molecule has 0 amide bonds. The Morgan fingerprint density at radius 1 is 0.667 bits per heavy atom. The van der Waals surface area contributed by atoms with Crippen LogP contribution in [0.3, 0.4) is 0 Å². The van der Waals surface area contributed by atoms with Crippen molar-refractivity contribution in [2.24, 2.45) is 11.5 Å². The van der Waals surface area contributed by atoms with Crippen LogP contribution in [0.15, 0.2) is 0 Å². The van der Waals surface area contributed by atoms with Gasteiger partial charge in [-0.2, -0.15) is 0 Å². The van der Waals surface area contributed by atoms with Crippen LogP contribution >= 0.6 is 0 Å². The first kappa shape index (κ1) is 12.9. The highest BCUT2D eigenvalue weighted by Gasteiger charge is 2.14. The van der Waals surface area contributed by atoms with E-state index >= 15 is 0 Å². The van der Waals surface area contributed by atoms with Crippen LogP contribution in [-0.2, 0) is 0 Å². The molecule has 1 heterocycles. The summed E-state index contributed by atoms with van der Waals surface area (Å²) >= 11 is 0. The zero-order valence-corrected chi connectivity index (χ0v) is 9.83. The second-order valence-electron chi connectivity index (χ2n) is 4.32. The number of piperazine rings is 1. The van der Waals surface area contributed by atoms with Crippen molar-refractivity contribution >= 4 is 0 Å². The minimum atomic E-state index is 0.788. The molecular formula is C11H26N4. The lowest BCUT2D eigenvalue weighted by atomic mass is 10.2. The van der Waals surface area contributed by atoms with Crippen LogP contribution in [0.2, 0.25) is 0 Å². The first-order valence-electron chi connectivity index (χ1n) is 6.21. The molecule has 4 heteroatoms. The molecule has 0 aromatic rings. The molecule has 1 saturated heterocycles. The van der Waals surface area contributed by atoms with Crippen molar-refractivity contribution < 1.29 is 0 Å². The minimum absolute atomic E-state index is 0.788. The van der Waals surface area contributed by atoms with Gasteiger partial charge in [0.05, 0.1) is 0 Å². The highest BCUT2D eigenvalue weighted by molar-refractivity contribution is 4.71. The van der Waals surface area contributed by atoms with Gasteiger partial charge >= 0.3 is 0 Å². The van der Waals surface area contributed by atoms with Gasteiger partial charge in [-0.05, 0) is 25.9 Å². The van der Waals surface area contributed by atoms with E-state index in [0.29, 0.717) is 0 Å². The molecule has 0 unspecified atom stereocenters. The third-order valence-electron chi connectivity index (χ3n) is 3.09. The van der Waals surface area contributed by atoms with Crippen molar-refractivity contribution in [1.29, 1.82) is 0 Å². The summed E-state index contributed by atoms with van der Waals surface area (Å²) in [5.41, 5.74) is 11.0. The van der Waals surface area contributed by atoms with Crippen LogP contribution in [0, 0.1) is 0 Å². The molecule has 1 rings (SSSR count). The first-order valence-corrected chi connectivity index (χ1v) is 6.21. The molecule has 0 aromatic carbocycles. The lowest BCUT2D eigenvalue weighted by molar-refractivity contribution is 0.133. The number of nitrogens with two attached hydrogens (primary N) is 2. The number of unbranched alkanes of at least 4 members (excludes halogenated alkanes) is 2. The van der Waals surface area contributed by atoms with E-state index in [1.807, 2.05) is 0 Å². The Morgan fingerprint density at radius 2 is 1.27 bits per heavy atom. The maximum Gasteiger partial charge on any atom is 0.0110 e. The molecule has 0 radical (unpaired) electrons. The van der Waals surface area contributed by atoms with Crippen LogP contribution in [0.25, 0.3) is 0 Å². The molecule has 0 spiro atoms. The van der Waals surface area contributed by atoms with Gasteiger partial charge in [0, 0.05) is 39.3 Å². The molecule has 90 valence electrons. The maximum atomic E-state index is 5.54. The molecule has 4 N–H and O–H groups in total. The predicted molar refractivity (Wildman–Crippen MR) is 64.8 cm³/mol. The first-order chi connectivity index (χ1) is 7.36. The smallest absolute Gasteiger partial charge is 0.0110 e. The normalized spacial score (nSPS) is 19.6. The van der Waals surface area contributed by atoms with Crippen molar-refractivity contribution in [3.05, 3.63) is 0 Å². The SMILES string of the molecule is NCCCCCN1CCN(CCN)CC1. The Labute approximate surface area is 93.6 Å². The van der Waals surface area contributed by atoms with Crippen molar-refractivity contribution in [3.8, 4) is 0 Å². The van der Waals surface area contributed by atoms with Crippen LogP contribution in [0.5, 0.6) is 0 Å². The monoisotopic (exact) mass is 214 g/mol. The van der Waals surface area contributed by atoms with E-state index in [2.05, 4.69) is 9.80 Å². The summed E-state index contributed by atoms with van der Waals surface area (Å²) in [5, 5.41) is 0. The van der Waals surface area contributed by atoms with E-state index in [1.54, 1.807) is 0 Å². The van der Waals surface area contributed by atoms with E-state index in [4.69, 9.17) is 11.5 Å². The topological polar surface area (TPSA) is 58.5 Å². The third-order valence-corrected chi connectivity index (χ3v) is 3.09. The largest absolute Gasteiger partial charge is 0.330 e. The van der Waals surface area contributed by atoms with Gasteiger partial charge in [0.15, 0.2) is 0 Å². The zero-order valence-electron chi connectivity index (χ0n) is 9.83. The Kier molecular flexibility index (Phi) is 6.92. The molecule has 1 fully saturated rings. The molecule has 1 aliphatic rings. The molecule has 0 aromatic heterocycles. The van der Waals surface area contributed by atoms with Gasteiger partial charge in [0.2, 0.25) is 0 Å². The molecule has 4 nitrogen and oxygen atoms in total. The highest BCUT2D eigenvalue weighted by atomic mass is 15.3. The fraction of sp³-hybridized carbons (Fsp3) is 1.00. The number of rotatable bonds is 7. The quantitative estimate of drug-likeness (QED) is 0.571. The Hall–Kier alpha value is -0.160. The molecule has 0 saturated carbocycles. The van der Waals surface area contributed by atoms with Gasteiger partial charge in [0.25, 0.3) is 0 Å². The number of hydrogen-bond acceptors (Lipinski definition) is 4. The van der Waals surface area contributed by atoms with Crippen LogP contribution in [0.4, 0.5) is 0 Å². The van der Waals surface area contributed by atoms with Gasteiger partial charge < -0.3 is 16.4 Å². The Bertz CT molecular complexity index is 141. The highest BCUT2D eigenvalue weighted by Crippen LogP contribution is 2.03. The standard InChI is InChI=1S/C11H26N4/c12-4-2-1-3-6-14-8-10-15(7-5-13)11-9-14/h1-13H2. The molecule has 15 heavy (non-hydrogen) atoms. The second-order valence-corrected chi connectivity index (χ2v) is 4.32. The van der Waals surface area contributed by atoms with Crippen LogP contribution < -0.4 is 11.5 Å². The summed E-state index contributed by atoms with van der Waals surface area (Å²) in [6.45, 7) is 8.73. The van der Waals surface area contributed by atoms with Gasteiger partial charge in [-0.1, -0.05) is 6.42 Å². The predicted octanol–water partition coefficient (Wildman–Crippen LogP) is -0.308. The molecule has 0 atom stereocenters. The Morgan fingerprint density at radius 3 is 1.80 bits per heavy atom. The number of nitrogens with zero attached hydrogens (tertiary/aromatic N) is 2. The summed E-state index contributed by atoms with van der Waals surface area (Å²) in [7, 11) is 0. The Balaban J connectivity index is 1.99. The molecule has 1 aliphatic heterocycles. The van der Waals surface area contributed by atoms with E-state index < -0.39 is 0 Å². The summed E-state index contributed by atoms with van der Waals surface area (Å²) in [5.74, 6) is 0. The zero-order chi connectivity index (χ0) is 10.9. The van der Waals surface area contributed by atoms with Gasteiger partial charge in [0.1, 0.15) is 0 Å². The van der Waals surface area contributed by atoms with Crippen molar-refractivity contribution in [2.45, 2.75) is 19.3 Å². The summed E-state index contributed by atoms with van der Waals surface area (Å²) in [6, 6.07) is 0. The van der Waals surface area contributed by atoms with Gasteiger partial charge in [-0.25, -0.2) is 0 Å². The van der Waals surface area contributed by atoms with Gasteiger partial charge in [-0.3, -0.25) is 4.90 Å². The lowest BCUT2D eigenvalue weighted by Gasteiger charge is -2.34. The van der Waals surface area contributed by atoms with E-state index in [0.717, 1.165) is 19.6 Å². The number of hydrogen-bond donors (Lipinski definition) is 2. The molecule has 0 bridgehead atoms. The average molecular weight is 214 g/mol. The van der Waals surface area contributed by atoms with E-state index in [1.165, 1.54) is 52.0 Å². The van der Waals surface area contributed by atoms with Crippen molar-refractivity contribution in [2.75, 3.05) is 52.4 Å². The fourth-order valence-electron chi connectivity index (χ4n) is 2.08. The third kappa shape index (κ3) is 5.47. The van der Waals surface area contributed by atoms with Gasteiger partial charge in [-0.15, -0.1) is 0 Å². The second kappa shape index (κ2) is 8.05.